The van der Waals surface area contributed by atoms with E-state index in [0.29, 0.717) is 6.54 Å². The highest BCUT2D eigenvalue weighted by Gasteiger charge is 2.45. The molecule has 2 fully saturated rings. The lowest BCUT2D eigenvalue weighted by Gasteiger charge is -2.35. The first kappa shape index (κ1) is 13.1. The van der Waals surface area contributed by atoms with E-state index >= 15 is 0 Å². The van der Waals surface area contributed by atoms with Gasteiger partial charge in [-0.1, -0.05) is 30.3 Å². The fraction of sp³-hybridized carbons (Fsp3) is 0.294. The third-order valence-corrected chi connectivity index (χ3v) is 4.68. The zero-order valence-electron chi connectivity index (χ0n) is 12.1. The predicted molar refractivity (Wildman–Crippen MR) is 83.9 cm³/mol. The molecule has 0 spiro atoms. The van der Waals surface area contributed by atoms with E-state index < -0.39 is 6.09 Å². The molecule has 2 aromatic rings. The molecule has 1 amide bonds. The van der Waals surface area contributed by atoms with E-state index in [0.717, 1.165) is 29.8 Å². The molecule has 0 aliphatic carbocycles. The smallest absolute Gasteiger partial charge is 0.407 e. The lowest BCUT2D eigenvalue weighted by molar-refractivity contribution is 0.137. The average molecular weight is 295 g/mol. The molecule has 3 heterocycles. The minimum atomic E-state index is -0.804. The molecule has 22 heavy (non-hydrogen) atoms. The van der Waals surface area contributed by atoms with Crippen LogP contribution in [0.25, 0.3) is 11.1 Å². The Balaban J connectivity index is 1.67. The number of amides is 1. The van der Waals surface area contributed by atoms with Crippen LogP contribution in [-0.2, 0) is 0 Å². The Morgan fingerprint density at radius 2 is 1.95 bits per heavy atom. The largest absolute Gasteiger partial charge is 0.465 e. The number of fused-ring (bicyclic) bond motifs is 2. The number of piperazine rings is 1. The molecule has 112 valence electrons. The SMILES string of the molecule is O=C(O)N1C[C@@H]2C[C@H]1CN2c1cnccc1-c1ccccc1. The molecule has 5 nitrogen and oxygen atoms in total. The molecule has 0 unspecified atom stereocenters. The Morgan fingerprint density at radius 3 is 2.64 bits per heavy atom. The van der Waals surface area contributed by atoms with Crippen LogP contribution in [-0.4, -0.2) is 46.3 Å². The van der Waals surface area contributed by atoms with Gasteiger partial charge in [0, 0.05) is 30.9 Å². The van der Waals surface area contributed by atoms with Gasteiger partial charge in [0.25, 0.3) is 0 Å². The number of benzene rings is 1. The Bertz CT molecular complexity index is 704. The maximum Gasteiger partial charge on any atom is 0.407 e. The molecule has 5 heteroatoms. The summed E-state index contributed by atoms with van der Waals surface area (Å²) < 4.78 is 0. The molecular weight excluding hydrogens is 278 g/mol. The van der Waals surface area contributed by atoms with Gasteiger partial charge in [0.2, 0.25) is 0 Å². The summed E-state index contributed by atoms with van der Waals surface area (Å²) in [5.41, 5.74) is 3.43. The second-order valence-electron chi connectivity index (χ2n) is 5.89. The third kappa shape index (κ3) is 2.01. The molecule has 2 bridgehead atoms. The van der Waals surface area contributed by atoms with Gasteiger partial charge in [-0.25, -0.2) is 4.79 Å². The molecule has 2 aliphatic rings. The Hall–Kier alpha value is -2.56. The normalized spacial score (nSPS) is 23.1. The maximum atomic E-state index is 11.2. The predicted octanol–water partition coefficient (Wildman–Crippen LogP) is 2.69. The Morgan fingerprint density at radius 1 is 1.14 bits per heavy atom. The summed E-state index contributed by atoms with van der Waals surface area (Å²) in [6, 6.07) is 12.6. The monoisotopic (exact) mass is 295 g/mol. The quantitative estimate of drug-likeness (QED) is 0.925. The number of pyridine rings is 1. The lowest BCUT2D eigenvalue weighted by Crippen LogP contribution is -2.48. The van der Waals surface area contributed by atoms with Crippen LogP contribution in [0.2, 0.25) is 0 Å². The van der Waals surface area contributed by atoms with E-state index in [1.165, 1.54) is 0 Å². The van der Waals surface area contributed by atoms with E-state index in [1.54, 1.807) is 4.90 Å². The lowest BCUT2D eigenvalue weighted by atomic mass is 10.0. The summed E-state index contributed by atoms with van der Waals surface area (Å²) in [5.74, 6) is 0. The van der Waals surface area contributed by atoms with Crippen molar-refractivity contribution in [3.63, 3.8) is 0 Å². The van der Waals surface area contributed by atoms with Gasteiger partial charge < -0.3 is 14.9 Å². The number of carboxylic acid groups (broad SMARTS) is 1. The zero-order chi connectivity index (χ0) is 15.1. The van der Waals surface area contributed by atoms with Crippen LogP contribution in [0.1, 0.15) is 6.42 Å². The van der Waals surface area contributed by atoms with Crippen molar-refractivity contribution < 1.29 is 9.90 Å². The summed E-state index contributed by atoms with van der Waals surface area (Å²) in [6.07, 6.45) is 3.81. The summed E-state index contributed by atoms with van der Waals surface area (Å²) in [6.45, 7) is 1.34. The summed E-state index contributed by atoms with van der Waals surface area (Å²) in [5, 5.41) is 9.22. The van der Waals surface area contributed by atoms with E-state index in [2.05, 4.69) is 22.0 Å². The second kappa shape index (κ2) is 5.02. The topological polar surface area (TPSA) is 56.7 Å². The number of aromatic nitrogens is 1. The minimum absolute atomic E-state index is 0.103. The highest BCUT2D eigenvalue weighted by atomic mass is 16.4. The van der Waals surface area contributed by atoms with Crippen molar-refractivity contribution in [2.24, 2.45) is 0 Å². The minimum Gasteiger partial charge on any atom is -0.465 e. The van der Waals surface area contributed by atoms with Crippen LogP contribution in [0.15, 0.2) is 48.8 Å². The molecule has 0 radical (unpaired) electrons. The number of nitrogens with zero attached hydrogens (tertiary/aromatic N) is 3. The maximum absolute atomic E-state index is 11.2. The molecule has 0 saturated carbocycles. The summed E-state index contributed by atoms with van der Waals surface area (Å²) in [4.78, 5) is 19.4. The molecule has 2 aliphatic heterocycles. The van der Waals surface area contributed by atoms with Crippen molar-refractivity contribution in [2.45, 2.75) is 18.5 Å². The first-order valence-electron chi connectivity index (χ1n) is 7.49. The van der Waals surface area contributed by atoms with Gasteiger partial charge in [0.1, 0.15) is 0 Å². The van der Waals surface area contributed by atoms with Gasteiger partial charge in [-0.2, -0.15) is 0 Å². The van der Waals surface area contributed by atoms with E-state index in [9.17, 15) is 9.90 Å². The fourth-order valence-corrected chi connectivity index (χ4v) is 3.67. The van der Waals surface area contributed by atoms with Gasteiger partial charge in [0.15, 0.2) is 0 Å². The van der Waals surface area contributed by atoms with E-state index in [-0.39, 0.29) is 12.1 Å². The number of anilines is 1. The molecular formula is C17H17N3O2. The van der Waals surface area contributed by atoms with Crippen LogP contribution in [0.4, 0.5) is 10.5 Å². The van der Waals surface area contributed by atoms with Crippen LogP contribution < -0.4 is 4.90 Å². The summed E-state index contributed by atoms with van der Waals surface area (Å²) >= 11 is 0. The van der Waals surface area contributed by atoms with E-state index in [1.807, 2.05) is 36.7 Å². The Labute approximate surface area is 128 Å². The first-order valence-corrected chi connectivity index (χ1v) is 7.49. The van der Waals surface area contributed by atoms with E-state index in [4.69, 9.17) is 0 Å². The first-order chi connectivity index (χ1) is 10.7. The van der Waals surface area contributed by atoms with Crippen LogP contribution in [0.3, 0.4) is 0 Å². The molecule has 2 atom stereocenters. The number of rotatable bonds is 2. The number of carbonyl (C=O) groups is 1. The highest BCUT2D eigenvalue weighted by Crippen LogP contribution is 2.38. The molecule has 1 N–H and O–H groups in total. The van der Waals surface area contributed by atoms with Gasteiger partial charge in [0.05, 0.1) is 17.9 Å². The van der Waals surface area contributed by atoms with Crippen LogP contribution in [0, 0.1) is 0 Å². The molecule has 4 rings (SSSR count). The number of likely N-dealkylation sites (tertiary alicyclic amines) is 1. The van der Waals surface area contributed by atoms with Crippen molar-refractivity contribution in [2.75, 3.05) is 18.0 Å². The van der Waals surface area contributed by atoms with Crippen molar-refractivity contribution >= 4 is 11.8 Å². The van der Waals surface area contributed by atoms with Crippen molar-refractivity contribution in [3.05, 3.63) is 48.8 Å². The molecule has 2 saturated heterocycles. The fourth-order valence-electron chi connectivity index (χ4n) is 3.67. The highest BCUT2D eigenvalue weighted by molar-refractivity contribution is 5.79. The van der Waals surface area contributed by atoms with Crippen LogP contribution >= 0.6 is 0 Å². The summed E-state index contributed by atoms with van der Waals surface area (Å²) in [7, 11) is 0. The Kier molecular flexibility index (Phi) is 2.99. The van der Waals surface area contributed by atoms with Gasteiger partial charge in [-0.3, -0.25) is 4.98 Å². The van der Waals surface area contributed by atoms with Crippen molar-refractivity contribution in [1.29, 1.82) is 0 Å². The average Bonchev–Trinajstić information content (AvgIpc) is 3.16. The third-order valence-electron chi connectivity index (χ3n) is 4.68. The molecule has 1 aromatic heterocycles. The van der Waals surface area contributed by atoms with Crippen LogP contribution in [0.5, 0.6) is 0 Å². The van der Waals surface area contributed by atoms with Gasteiger partial charge in [-0.15, -0.1) is 0 Å². The number of hydrogen-bond acceptors (Lipinski definition) is 3. The van der Waals surface area contributed by atoms with Gasteiger partial charge >= 0.3 is 6.09 Å². The zero-order valence-corrected chi connectivity index (χ0v) is 12.1. The standard InChI is InChI=1S/C17H17N3O2/c21-17(22)20-11-13-8-14(20)10-19(13)16-9-18-7-6-15(16)12-4-2-1-3-5-12/h1-7,9,13-14H,8,10-11H2,(H,21,22)/t13-,14-/m0/s1. The number of hydrogen-bond donors (Lipinski definition) is 1. The molecule has 1 aromatic carbocycles. The van der Waals surface area contributed by atoms with Gasteiger partial charge in [-0.05, 0) is 18.1 Å². The van der Waals surface area contributed by atoms with Crippen molar-refractivity contribution in [1.82, 2.24) is 9.88 Å². The van der Waals surface area contributed by atoms with Crippen molar-refractivity contribution in [3.8, 4) is 11.1 Å². The second-order valence-corrected chi connectivity index (χ2v) is 5.89.